The monoisotopic (exact) mass is 183 g/mol. The topological polar surface area (TPSA) is 20.3 Å². The highest BCUT2D eigenvalue weighted by atomic mass is 35.5. The second-order valence-corrected chi connectivity index (χ2v) is 2.73. The average molecular weight is 184 g/mol. The van der Waals surface area contributed by atoms with Gasteiger partial charge in [0.25, 0.3) is 5.91 Å². The van der Waals surface area contributed by atoms with E-state index in [1.54, 1.807) is 19.2 Å². The van der Waals surface area contributed by atoms with Gasteiger partial charge in [0.1, 0.15) is 0 Å². The van der Waals surface area contributed by atoms with Gasteiger partial charge in [-0.1, -0.05) is 18.2 Å². The standard InChI is InChI=1S/C9H10ClNO/c1-11(7-10)9(12)8-5-3-2-4-6-8/h2-6H,7H2,1H3. The summed E-state index contributed by atoms with van der Waals surface area (Å²) in [5.74, 6) is -0.0504. The fourth-order valence-corrected chi connectivity index (χ4v) is 0.964. The number of nitrogens with zero attached hydrogens (tertiary/aromatic N) is 1. The first-order chi connectivity index (χ1) is 5.75. The molecule has 1 amide bonds. The Kier molecular flexibility index (Phi) is 3.11. The van der Waals surface area contributed by atoms with E-state index in [0.717, 1.165) is 0 Å². The summed E-state index contributed by atoms with van der Waals surface area (Å²) < 4.78 is 0. The Balaban J connectivity index is 2.79. The van der Waals surface area contributed by atoms with Crippen LogP contribution in [0.3, 0.4) is 0 Å². The zero-order chi connectivity index (χ0) is 8.97. The quantitative estimate of drug-likeness (QED) is 0.507. The van der Waals surface area contributed by atoms with Crippen molar-refractivity contribution in [2.75, 3.05) is 13.1 Å². The number of benzene rings is 1. The molecule has 12 heavy (non-hydrogen) atoms. The van der Waals surface area contributed by atoms with Crippen molar-refractivity contribution >= 4 is 17.5 Å². The van der Waals surface area contributed by atoms with Crippen molar-refractivity contribution in [1.82, 2.24) is 4.90 Å². The largest absolute Gasteiger partial charge is 0.328 e. The fraction of sp³-hybridized carbons (Fsp3) is 0.222. The van der Waals surface area contributed by atoms with Gasteiger partial charge in [0, 0.05) is 12.6 Å². The van der Waals surface area contributed by atoms with Gasteiger partial charge in [-0.3, -0.25) is 4.79 Å². The highest BCUT2D eigenvalue weighted by molar-refractivity contribution is 6.19. The predicted molar refractivity (Wildman–Crippen MR) is 49.3 cm³/mol. The summed E-state index contributed by atoms with van der Waals surface area (Å²) in [5, 5.41) is 0. The van der Waals surface area contributed by atoms with E-state index in [1.165, 1.54) is 4.90 Å². The molecule has 1 aromatic rings. The molecule has 1 aromatic carbocycles. The van der Waals surface area contributed by atoms with Gasteiger partial charge in [-0.05, 0) is 12.1 Å². The van der Waals surface area contributed by atoms with Gasteiger partial charge < -0.3 is 4.90 Å². The van der Waals surface area contributed by atoms with Crippen molar-refractivity contribution in [3.05, 3.63) is 35.9 Å². The minimum atomic E-state index is -0.0504. The first-order valence-corrected chi connectivity index (χ1v) is 4.15. The number of carbonyl (C=O) groups is 1. The molecule has 0 spiro atoms. The van der Waals surface area contributed by atoms with Crippen LogP contribution in [0.5, 0.6) is 0 Å². The van der Waals surface area contributed by atoms with E-state index >= 15 is 0 Å². The molecule has 0 aliphatic carbocycles. The zero-order valence-corrected chi connectivity index (χ0v) is 7.58. The highest BCUT2D eigenvalue weighted by Gasteiger charge is 2.08. The van der Waals surface area contributed by atoms with E-state index in [9.17, 15) is 4.79 Å². The van der Waals surface area contributed by atoms with Crippen LogP contribution in [-0.2, 0) is 0 Å². The molecule has 2 nitrogen and oxygen atoms in total. The molecule has 0 aromatic heterocycles. The molecule has 0 bridgehead atoms. The number of halogens is 1. The van der Waals surface area contributed by atoms with Gasteiger partial charge in [-0.2, -0.15) is 0 Å². The van der Waals surface area contributed by atoms with Crippen LogP contribution in [0, 0.1) is 0 Å². The summed E-state index contributed by atoms with van der Waals surface area (Å²) in [4.78, 5) is 12.9. The number of alkyl halides is 1. The third-order valence-electron chi connectivity index (χ3n) is 1.55. The lowest BCUT2D eigenvalue weighted by molar-refractivity contribution is 0.0818. The molecule has 3 heteroatoms. The number of amides is 1. The first kappa shape index (κ1) is 9.07. The Bertz CT molecular complexity index is 260. The van der Waals surface area contributed by atoms with Crippen LogP contribution >= 0.6 is 11.6 Å². The third-order valence-corrected chi connectivity index (χ3v) is 1.91. The maximum absolute atomic E-state index is 11.4. The van der Waals surface area contributed by atoms with E-state index in [0.29, 0.717) is 5.56 Å². The molecule has 0 unspecified atom stereocenters. The van der Waals surface area contributed by atoms with Gasteiger partial charge in [0.15, 0.2) is 0 Å². The van der Waals surface area contributed by atoms with Crippen molar-refractivity contribution in [3.63, 3.8) is 0 Å². The Morgan fingerprint density at radius 3 is 2.50 bits per heavy atom. The number of rotatable bonds is 2. The smallest absolute Gasteiger partial charge is 0.254 e. The van der Waals surface area contributed by atoms with Gasteiger partial charge in [0.2, 0.25) is 0 Å². The van der Waals surface area contributed by atoms with Gasteiger partial charge in [-0.25, -0.2) is 0 Å². The van der Waals surface area contributed by atoms with Crippen molar-refractivity contribution in [1.29, 1.82) is 0 Å². The Morgan fingerprint density at radius 2 is 2.00 bits per heavy atom. The van der Waals surface area contributed by atoms with Crippen LogP contribution in [0.25, 0.3) is 0 Å². The lowest BCUT2D eigenvalue weighted by Crippen LogP contribution is -2.24. The second-order valence-electron chi connectivity index (χ2n) is 2.49. The maximum atomic E-state index is 11.4. The zero-order valence-electron chi connectivity index (χ0n) is 6.83. The number of hydrogen-bond donors (Lipinski definition) is 0. The van der Waals surface area contributed by atoms with Crippen molar-refractivity contribution < 1.29 is 4.79 Å². The van der Waals surface area contributed by atoms with Crippen LogP contribution in [0.15, 0.2) is 30.3 Å². The molecule has 0 aliphatic rings. The lowest BCUT2D eigenvalue weighted by atomic mass is 10.2. The molecule has 0 saturated heterocycles. The highest BCUT2D eigenvalue weighted by Crippen LogP contribution is 2.02. The molecular weight excluding hydrogens is 174 g/mol. The summed E-state index contributed by atoms with van der Waals surface area (Å²) in [6, 6.07) is 9.28. The molecule has 0 radical (unpaired) electrons. The van der Waals surface area contributed by atoms with Crippen LogP contribution in [0.1, 0.15) is 10.4 Å². The fourth-order valence-electron chi connectivity index (χ4n) is 0.855. The summed E-state index contributed by atoms with van der Waals surface area (Å²) >= 11 is 5.50. The van der Waals surface area contributed by atoms with E-state index < -0.39 is 0 Å². The lowest BCUT2D eigenvalue weighted by Gasteiger charge is -2.12. The van der Waals surface area contributed by atoms with Gasteiger partial charge >= 0.3 is 0 Å². The third kappa shape index (κ3) is 1.98. The van der Waals surface area contributed by atoms with E-state index in [4.69, 9.17) is 11.6 Å². The SMILES string of the molecule is CN(CCl)C(=O)c1ccccc1. The summed E-state index contributed by atoms with van der Waals surface area (Å²) in [7, 11) is 1.67. The number of carbonyl (C=O) groups excluding carboxylic acids is 1. The van der Waals surface area contributed by atoms with Crippen LogP contribution in [0.2, 0.25) is 0 Å². The average Bonchev–Trinajstić information content (AvgIpc) is 2.17. The molecular formula is C9H10ClNO. The predicted octanol–water partition coefficient (Wildman–Crippen LogP) is 1.95. The van der Waals surface area contributed by atoms with E-state index in [1.807, 2.05) is 18.2 Å². The molecule has 0 aliphatic heterocycles. The summed E-state index contributed by atoms with van der Waals surface area (Å²) in [5.41, 5.74) is 0.667. The minimum Gasteiger partial charge on any atom is -0.328 e. The summed E-state index contributed by atoms with van der Waals surface area (Å²) in [6.07, 6.45) is 0. The Labute approximate surface area is 76.8 Å². The maximum Gasteiger partial charge on any atom is 0.254 e. The number of hydrogen-bond acceptors (Lipinski definition) is 1. The minimum absolute atomic E-state index is 0.0504. The molecule has 0 fully saturated rings. The van der Waals surface area contributed by atoms with Gasteiger partial charge in [0.05, 0.1) is 6.00 Å². The van der Waals surface area contributed by atoms with Crippen molar-refractivity contribution in [2.45, 2.75) is 0 Å². The normalized spacial score (nSPS) is 9.50. The van der Waals surface area contributed by atoms with Gasteiger partial charge in [-0.15, -0.1) is 11.6 Å². The molecule has 0 saturated carbocycles. The van der Waals surface area contributed by atoms with E-state index in [2.05, 4.69) is 0 Å². The van der Waals surface area contributed by atoms with Crippen LogP contribution in [0.4, 0.5) is 0 Å². The summed E-state index contributed by atoms with van der Waals surface area (Å²) in [6.45, 7) is 0. The van der Waals surface area contributed by atoms with Crippen molar-refractivity contribution in [2.24, 2.45) is 0 Å². The Hall–Kier alpha value is -1.02. The van der Waals surface area contributed by atoms with Crippen LogP contribution in [-0.4, -0.2) is 23.9 Å². The first-order valence-electron chi connectivity index (χ1n) is 3.62. The van der Waals surface area contributed by atoms with E-state index in [-0.39, 0.29) is 11.9 Å². The molecule has 1 rings (SSSR count). The molecule has 64 valence electrons. The van der Waals surface area contributed by atoms with Crippen LogP contribution < -0.4 is 0 Å². The van der Waals surface area contributed by atoms with Crippen molar-refractivity contribution in [3.8, 4) is 0 Å². The molecule has 0 N–H and O–H groups in total. The molecule has 0 heterocycles. The second kappa shape index (κ2) is 4.12. The molecule has 0 atom stereocenters. The Morgan fingerprint density at radius 1 is 1.42 bits per heavy atom.